The molecule has 2 aromatic carbocycles. The zero-order chi connectivity index (χ0) is 26.1. The number of thioether (sulfide) groups is 1. The van der Waals surface area contributed by atoms with Crippen LogP contribution in [0, 0.1) is 0 Å². The van der Waals surface area contributed by atoms with Crippen LogP contribution in [0.15, 0.2) is 54.0 Å². The van der Waals surface area contributed by atoms with Gasteiger partial charge in [0.1, 0.15) is 13.2 Å². The molecule has 1 heterocycles. The monoisotopic (exact) mass is 529 g/mol. The Morgan fingerprint density at radius 1 is 1.19 bits per heavy atom. The Kier molecular flexibility index (Phi) is 10.0. The fourth-order valence-electron chi connectivity index (χ4n) is 3.42. The van der Waals surface area contributed by atoms with Gasteiger partial charge in [0.2, 0.25) is 0 Å². The molecule has 3 rings (SSSR count). The van der Waals surface area contributed by atoms with E-state index >= 15 is 0 Å². The van der Waals surface area contributed by atoms with Crippen LogP contribution >= 0.6 is 23.4 Å². The average molecular weight is 530 g/mol. The summed E-state index contributed by atoms with van der Waals surface area (Å²) in [4.78, 5) is 38.3. The molecule has 1 fully saturated rings. The topological polar surface area (TPSA) is 82.1 Å². The van der Waals surface area contributed by atoms with Gasteiger partial charge in [0, 0.05) is 10.6 Å². The van der Waals surface area contributed by atoms with Gasteiger partial charge >= 0.3 is 5.97 Å². The van der Waals surface area contributed by atoms with E-state index in [4.69, 9.17) is 25.8 Å². The van der Waals surface area contributed by atoms with Crippen molar-refractivity contribution in [2.45, 2.75) is 32.8 Å². The summed E-state index contributed by atoms with van der Waals surface area (Å²) in [5.74, 6) is -0.102. The Morgan fingerprint density at radius 3 is 2.61 bits per heavy atom. The fraction of sp³-hybridized carbons (Fsp3) is 0.296. The summed E-state index contributed by atoms with van der Waals surface area (Å²) in [6, 6.07) is 10.9. The van der Waals surface area contributed by atoms with E-state index in [0.29, 0.717) is 35.1 Å². The average Bonchev–Trinajstić information content (AvgIpc) is 3.11. The molecule has 0 saturated carbocycles. The molecule has 0 N–H and O–H groups in total. The van der Waals surface area contributed by atoms with Gasteiger partial charge in [0.15, 0.2) is 11.5 Å². The maximum absolute atomic E-state index is 12.8. The van der Waals surface area contributed by atoms with Crippen LogP contribution in [0.4, 0.5) is 4.79 Å². The van der Waals surface area contributed by atoms with Gasteiger partial charge in [0.05, 0.1) is 18.6 Å². The van der Waals surface area contributed by atoms with Crippen LogP contribution in [0.1, 0.15) is 36.5 Å². The summed E-state index contributed by atoms with van der Waals surface area (Å²) in [5.41, 5.74) is 2.40. The van der Waals surface area contributed by atoms with E-state index in [1.165, 1.54) is 7.11 Å². The number of esters is 1. The molecule has 9 heteroatoms. The van der Waals surface area contributed by atoms with Crippen molar-refractivity contribution in [2.75, 3.05) is 20.3 Å². The first-order chi connectivity index (χ1) is 17.4. The minimum atomic E-state index is -0.607. The fourth-order valence-corrected chi connectivity index (χ4v) is 4.38. The van der Waals surface area contributed by atoms with Crippen molar-refractivity contribution in [1.29, 1.82) is 0 Å². The molecule has 0 bridgehead atoms. The molecule has 0 aromatic heterocycles. The van der Waals surface area contributed by atoms with Gasteiger partial charge < -0.3 is 14.2 Å². The highest BCUT2D eigenvalue weighted by Gasteiger charge is 2.36. The van der Waals surface area contributed by atoms with E-state index in [-0.39, 0.29) is 11.5 Å². The quantitative estimate of drug-likeness (QED) is 0.143. The Hall–Kier alpha value is -3.23. The molecule has 1 saturated heterocycles. The third kappa shape index (κ3) is 7.15. The molecule has 7 nitrogen and oxygen atoms in total. The standard InChI is InChI=1S/C27H28ClNO6S/c1-4-6-12-34-24(30)16-29-26(31)23(36-27(29)32)15-19-13-20(7-5-2)25(22(14-19)33-3)35-17-18-8-10-21(28)11-9-18/h5,8-11,13-15H,2,4,6-7,12,16-17H2,1,3H3/b23-15-. The van der Waals surface area contributed by atoms with Crippen LogP contribution in [-0.4, -0.2) is 42.3 Å². The van der Waals surface area contributed by atoms with Gasteiger partial charge in [-0.15, -0.1) is 6.58 Å². The zero-order valence-corrected chi connectivity index (χ0v) is 21.8. The lowest BCUT2D eigenvalue weighted by Crippen LogP contribution is -2.34. The molecular weight excluding hydrogens is 502 g/mol. The Morgan fingerprint density at radius 2 is 1.94 bits per heavy atom. The van der Waals surface area contributed by atoms with Gasteiger partial charge in [-0.3, -0.25) is 19.3 Å². The first-order valence-electron chi connectivity index (χ1n) is 11.5. The third-order valence-corrected chi connectivity index (χ3v) is 6.41. The zero-order valence-electron chi connectivity index (χ0n) is 20.3. The second-order valence-corrected chi connectivity index (χ2v) is 9.39. The lowest BCUT2D eigenvalue weighted by molar-refractivity contribution is -0.146. The summed E-state index contributed by atoms with van der Waals surface area (Å²) in [7, 11) is 1.53. The predicted octanol–water partition coefficient (Wildman–Crippen LogP) is 6.04. The van der Waals surface area contributed by atoms with Gasteiger partial charge in [0.25, 0.3) is 11.1 Å². The summed E-state index contributed by atoms with van der Waals surface area (Å²) >= 11 is 6.74. The van der Waals surface area contributed by atoms with E-state index in [9.17, 15) is 14.4 Å². The first-order valence-corrected chi connectivity index (χ1v) is 12.7. The van der Waals surface area contributed by atoms with Crippen LogP contribution in [-0.2, 0) is 27.4 Å². The van der Waals surface area contributed by atoms with Crippen molar-refractivity contribution in [1.82, 2.24) is 4.90 Å². The second kappa shape index (κ2) is 13.2. The SMILES string of the molecule is C=CCc1cc(/C=C2\SC(=O)N(CC(=O)OCCCC)C2=O)cc(OC)c1OCc1ccc(Cl)cc1. The van der Waals surface area contributed by atoms with Gasteiger partial charge in [-0.05, 0) is 66.1 Å². The molecule has 0 unspecified atom stereocenters. The van der Waals surface area contributed by atoms with Crippen LogP contribution in [0.2, 0.25) is 5.02 Å². The lowest BCUT2D eigenvalue weighted by Gasteiger charge is -2.16. The Labute approximate surface area is 220 Å². The van der Waals surface area contributed by atoms with Crippen molar-refractivity contribution in [3.05, 3.63) is 75.7 Å². The molecule has 0 aliphatic carbocycles. The number of allylic oxidation sites excluding steroid dienone is 1. The number of amides is 2. The van der Waals surface area contributed by atoms with E-state index in [1.807, 2.05) is 25.1 Å². The number of hydrogen-bond acceptors (Lipinski definition) is 7. The van der Waals surface area contributed by atoms with Crippen molar-refractivity contribution >= 4 is 46.6 Å². The van der Waals surface area contributed by atoms with Gasteiger partial charge in [-0.1, -0.05) is 43.2 Å². The van der Waals surface area contributed by atoms with E-state index < -0.39 is 23.7 Å². The molecule has 0 atom stereocenters. The summed E-state index contributed by atoms with van der Waals surface area (Å²) in [5, 5.41) is 0.130. The van der Waals surface area contributed by atoms with Crippen molar-refractivity contribution in [2.24, 2.45) is 0 Å². The molecule has 190 valence electrons. The Bertz CT molecular complexity index is 1160. The number of unbranched alkanes of at least 4 members (excludes halogenated alkanes) is 1. The van der Waals surface area contributed by atoms with Crippen LogP contribution in [0.3, 0.4) is 0 Å². The third-order valence-electron chi connectivity index (χ3n) is 5.25. The largest absolute Gasteiger partial charge is 0.493 e. The number of carbonyl (C=O) groups excluding carboxylic acids is 3. The Balaban J connectivity index is 1.80. The summed E-state index contributed by atoms with van der Waals surface area (Å²) in [6.07, 6.45) is 5.44. The van der Waals surface area contributed by atoms with E-state index in [1.54, 1.807) is 30.4 Å². The highest BCUT2D eigenvalue weighted by molar-refractivity contribution is 8.18. The molecule has 2 aromatic rings. The molecular formula is C27H28ClNO6S. The van der Waals surface area contributed by atoms with Gasteiger partial charge in [-0.25, -0.2) is 0 Å². The van der Waals surface area contributed by atoms with Gasteiger partial charge in [-0.2, -0.15) is 0 Å². The number of carbonyl (C=O) groups is 3. The second-order valence-electron chi connectivity index (χ2n) is 7.96. The number of halogens is 1. The van der Waals surface area contributed by atoms with Crippen LogP contribution < -0.4 is 9.47 Å². The number of ether oxygens (including phenoxy) is 3. The van der Waals surface area contributed by atoms with E-state index in [2.05, 4.69) is 6.58 Å². The molecule has 1 aliphatic heterocycles. The van der Waals surface area contributed by atoms with Crippen molar-refractivity contribution in [3.8, 4) is 11.5 Å². The van der Waals surface area contributed by atoms with Crippen molar-refractivity contribution in [3.63, 3.8) is 0 Å². The molecule has 2 amide bonds. The summed E-state index contributed by atoms with van der Waals surface area (Å²) in [6.45, 7) is 5.96. The maximum Gasteiger partial charge on any atom is 0.326 e. The van der Waals surface area contributed by atoms with E-state index in [0.717, 1.165) is 40.6 Å². The maximum atomic E-state index is 12.8. The predicted molar refractivity (Wildman–Crippen MR) is 141 cm³/mol. The molecule has 1 aliphatic rings. The minimum absolute atomic E-state index is 0.211. The number of hydrogen-bond donors (Lipinski definition) is 0. The highest BCUT2D eigenvalue weighted by Crippen LogP contribution is 2.37. The summed E-state index contributed by atoms with van der Waals surface area (Å²) < 4.78 is 16.7. The number of benzene rings is 2. The first kappa shape index (κ1) is 27.4. The minimum Gasteiger partial charge on any atom is -0.493 e. The lowest BCUT2D eigenvalue weighted by atomic mass is 10.0. The molecule has 36 heavy (non-hydrogen) atoms. The smallest absolute Gasteiger partial charge is 0.326 e. The number of rotatable bonds is 12. The van der Waals surface area contributed by atoms with Crippen LogP contribution in [0.5, 0.6) is 11.5 Å². The normalized spacial score (nSPS) is 14.3. The molecule has 0 radical (unpaired) electrons. The number of imide groups is 1. The number of methoxy groups -OCH3 is 1. The van der Waals surface area contributed by atoms with Crippen molar-refractivity contribution < 1.29 is 28.6 Å². The molecule has 0 spiro atoms. The highest BCUT2D eigenvalue weighted by atomic mass is 35.5. The van der Waals surface area contributed by atoms with Crippen LogP contribution in [0.25, 0.3) is 6.08 Å². The number of nitrogens with zero attached hydrogens (tertiary/aromatic N) is 1.